The van der Waals surface area contributed by atoms with Crippen LogP contribution in [-0.2, 0) is 0 Å². The third-order valence-electron chi connectivity index (χ3n) is 3.50. The van der Waals surface area contributed by atoms with E-state index in [1.165, 1.54) is 11.8 Å². The highest BCUT2D eigenvalue weighted by atomic mass is 35.5. The minimum atomic E-state index is -0.252. The molecule has 0 aliphatic heterocycles. The first kappa shape index (κ1) is 19.5. The molecule has 0 bridgehead atoms. The lowest BCUT2D eigenvalue weighted by Crippen LogP contribution is -2.17. The van der Waals surface area contributed by atoms with Gasteiger partial charge in [0.05, 0.1) is 22.9 Å². The van der Waals surface area contributed by atoms with E-state index in [1.54, 1.807) is 18.2 Å². The molecule has 0 spiro atoms. The number of hydrogen-bond donors (Lipinski definition) is 1. The molecular weight excluding hydrogens is 358 g/mol. The number of carbonyl (C=O) groups is 1. The quantitative estimate of drug-likeness (QED) is 0.569. The number of carbonyl (C=O) groups excluding carboxylic acids is 1. The Morgan fingerprint density at radius 3 is 2.64 bits per heavy atom. The van der Waals surface area contributed by atoms with Crippen molar-refractivity contribution in [2.24, 2.45) is 0 Å². The number of thioether (sulfide) groups is 1. The number of aromatic nitrogens is 2. The van der Waals surface area contributed by atoms with E-state index in [9.17, 15) is 4.79 Å². The molecule has 0 unspecified atom stereocenters. The Bertz CT molecular complexity index is 781. The summed E-state index contributed by atoms with van der Waals surface area (Å²) in [5.74, 6) is 1.28. The lowest BCUT2D eigenvalue weighted by molar-refractivity contribution is 0.102. The molecule has 0 saturated heterocycles. The highest BCUT2D eigenvalue weighted by Gasteiger charge is 2.19. The SMILES string of the molecule is CCOc1ccc(NC(=O)c2c(C)nc(C(C)C)nc2SC)cc1Cl. The first-order valence-electron chi connectivity index (χ1n) is 8.03. The van der Waals surface area contributed by atoms with Crippen molar-refractivity contribution in [3.05, 3.63) is 40.3 Å². The predicted octanol–water partition coefficient (Wildman–Crippen LogP) is 4.93. The Hall–Kier alpha value is -1.79. The molecule has 0 saturated carbocycles. The van der Waals surface area contributed by atoms with Crippen LogP contribution >= 0.6 is 23.4 Å². The van der Waals surface area contributed by atoms with Crippen LogP contribution in [0.15, 0.2) is 23.2 Å². The van der Waals surface area contributed by atoms with Gasteiger partial charge in [0.1, 0.15) is 16.6 Å². The van der Waals surface area contributed by atoms with Crippen molar-refractivity contribution >= 4 is 35.0 Å². The smallest absolute Gasteiger partial charge is 0.260 e. The monoisotopic (exact) mass is 379 g/mol. The van der Waals surface area contributed by atoms with E-state index in [2.05, 4.69) is 15.3 Å². The molecule has 0 radical (unpaired) electrons. The number of benzene rings is 1. The summed E-state index contributed by atoms with van der Waals surface area (Å²) in [4.78, 5) is 21.7. The number of nitrogens with one attached hydrogen (secondary N) is 1. The molecule has 2 aromatic rings. The average Bonchev–Trinajstić information content (AvgIpc) is 2.56. The van der Waals surface area contributed by atoms with Gasteiger partial charge in [-0.15, -0.1) is 11.8 Å². The summed E-state index contributed by atoms with van der Waals surface area (Å²) < 4.78 is 5.40. The van der Waals surface area contributed by atoms with Crippen molar-refractivity contribution in [1.29, 1.82) is 0 Å². The van der Waals surface area contributed by atoms with Crippen LogP contribution in [0.1, 0.15) is 48.6 Å². The molecule has 25 heavy (non-hydrogen) atoms. The molecule has 0 aliphatic carbocycles. The zero-order valence-electron chi connectivity index (χ0n) is 15.0. The van der Waals surface area contributed by atoms with E-state index in [1.807, 2.05) is 34.0 Å². The van der Waals surface area contributed by atoms with Gasteiger partial charge in [-0.2, -0.15) is 0 Å². The van der Waals surface area contributed by atoms with E-state index in [0.29, 0.717) is 39.3 Å². The molecule has 1 aromatic carbocycles. The Morgan fingerprint density at radius 1 is 1.36 bits per heavy atom. The molecule has 1 N–H and O–H groups in total. The topological polar surface area (TPSA) is 64.1 Å². The summed E-state index contributed by atoms with van der Waals surface area (Å²) in [5.41, 5.74) is 1.75. The summed E-state index contributed by atoms with van der Waals surface area (Å²) >= 11 is 7.61. The summed E-state index contributed by atoms with van der Waals surface area (Å²) in [5, 5.41) is 3.98. The van der Waals surface area contributed by atoms with Gasteiger partial charge in [-0.25, -0.2) is 9.97 Å². The minimum Gasteiger partial charge on any atom is -0.492 e. The van der Waals surface area contributed by atoms with E-state index >= 15 is 0 Å². The summed E-state index contributed by atoms with van der Waals surface area (Å²) in [7, 11) is 0. The summed E-state index contributed by atoms with van der Waals surface area (Å²) in [6.45, 7) is 8.30. The lowest BCUT2D eigenvalue weighted by Gasteiger charge is -2.14. The van der Waals surface area contributed by atoms with Gasteiger partial charge < -0.3 is 10.1 Å². The van der Waals surface area contributed by atoms with Gasteiger partial charge in [0.15, 0.2) is 0 Å². The standard InChI is InChI=1S/C18H22ClN3O2S/c1-6-24-14-8-7-12(9-13(14)19)21-17(23)15-11(4)20-16(10(2)3)22-18(15)25-5/h7-10H,6H2,1-5H3,(H,21,23). The average molecular weight is 380 g/mol. The second-order valence-electron chi connectivity index (χ2n) is 5.74. The zero-order valence-corrected chi connectivity index (χ0v) is 16.6. The van der Waals surface area contributed by atoms with Gasteiger partial charge in [-0.1, -0.05) is 25.4 Å². The van der Waals surface area contributed by atoms with Gasteiger partial charge in [0, 0.05) is 11.6 Å². The first-order valence-corrected chi connectivity index (χ1v) is 9.63. The summed E-state index contributed by atoms with van der Waals surface area (Å²) in [6.07, 6.45) is 1.90. The fourth-order valence-electron chi connectivity index (χ4n) is 2.28. The van der Waals surface area contributed by atoms with Crippen LogP contribution in [0.3, 0.4) is 0 Å². The molecule has 0 fully saturated rings. The third-order valence-corrected chi connectivity index (χ3v) is 4.48. The number of amides is 1. The molecule has 1 aromatic heterocycles. The number of anilines is 1. The zero-order chi connectivity index (χ0) is 18.6. The maximum Gasteiger partial charge on any atom is 0.260 e. The molecule has 1 heterocycles. The maximum absolute atomic E-state index is 12.7. The molecule has 0 aliphatic rings. The van der Waals surface area contributed by atoms with Gasteiger partial charge in [0.25, 0.3) is 5.91 Å². The van der Waals surface area contributed by atoms with Crippen LogP contribution < -0.4 is 10.1 Å². The number of hydrogen-bond acceptors (Lipinski definition) is 5. The van der Waals surface area contributed by atoms with Crippen molar-refractivity contribution in [3.8, 4) is 5.75 Å². The van der Waals surface area contributed by atoms with Crippen LogP contribution in [0.25, 0.3) is 0 Å². The van der Waals surface area contributed by atoms with Crippen molar-refractivity contribution < 1.29 is 9.53 Å². The Labute approximate surface area is 157 Å². The van der Waals surface area contributed by atoms with E-state index in [-0.39, 0.29) is 11.8 Å². The maximum atomic E-state index is 12.7. The number of rotatable bonds is 6. The Kier molecular flexibility index (Phi) is 6.67. The van der Waals surface area contributed by atoms with Crippen molar-refractivity contribution in [3.63, 3.8) is 0 Å². The van der Waals surface area contributed by atoms with Crippen LogP contribution in [0.5, 0.6) is 5.75 Å². The van der Waals surface area contributed by atoms with E-state index < -0.39 is 0 Å². The van der Waals surface area contributed by atoms with Crippen LogP contribution in [0.2, 0.25) is 5.02 Å². The van der Waals surface area contributed by atoms with Gasteiger partial charge >= 0.3 is 0 Å². The highest BCUT2D eigenvalue weighted by molar-refractivity contribution is 7.98. The largest absolute Gasteiger partial charge is 0.492 e. The Morgan fingerprint density at radius 2 is 2.08 bits per heavy atom. The number of aryl methyl sites for hydroxylation is 1. The molecule has 134 valence electrons. The number of halogens is 1. The van der Waals surface area contributed by atoms with Crippen molar-refractivity contribution in [2.45, 2.75) is 38.6 Å². The van der Waals surface area contributed by atoms with Gasteiger partial charge in [-0.05, 0) is 38.3 Å². The normalized spacial score (nSPS) is 10.8. The molecule has 2 rings (SSSR count). The third kappa shape index (κ3) is 4.64. The second kappa shape index (κ2) is 8.54. The van der Waals surface area contributed by atoms with Crippen LogP contribution in [-0.4, -0.2) is 28.7 Å². The van der Waals surface area contributed by atoms with Crippen LogP contribution in [0.4, 0.5) is 5.69 Å². The highest BCUT2D eigenvalue weighted by Crippen LogP contribution is 2.29. The van der Waals surface area contributed by atoms with Crippen molar-refractivity contribution in [2.75, 3.05) is 18.2 Å². The minimum absolute atomic E-state index is 0.201. The van der Waals surface area contributed by atoms with Crippen LogP contribution in [0, 0.1) is 6.92 Å². The summed E-state index contributed by atoms with van der Waals surface area (Å²) in [6, 6.07) is 5.16. The van der Waals surface area contributed by atoms with E-state index in [4.69, 9.17) is 16.3 Å². The molecule has 5 nitrogen and oxygen atoms in total. The van der Waals surface area contributed by atoms with Gasteiger partial charge in [0.2, 0.25) is 0 Å². The predicted molar refractivity (Wildman–Crippen MR) is 103 cm³/mol. The molecule has 0 atom stereocenters. The van der Waals surface area contributed by atoms with Crippen molar-refractivity contribution in [1.82, 2.24) is 9.97 Å². The Balaban J connectivity index is 2.30. The number of nitrogens with zero attached hydrogens (tertiary/aromatic N) is 2. The molecule has 1 amide bonds. The first-order chi connectivity index (χ1) is 11.9. The second-order valence-corrected chi connectivity index (χ2v) is 6.94. The fourth-order valence-corrected chi connectivity index (χ4v) is 3.14. The molecular formula is C18H22ClN3O2S. The van der Waals surface area contributed by atoms with Gasteiger partial charge in [-0.3, -0.25) is 4.79 Å². The molecule has 7 heteroatoms. The van der Waals surface area contributed by atoms with E-state index in [0.717, 1.165) is 5.82 Å². The number of ether oxygens (including phenoxy) is 1. The lowest BCUT2D eigenvalue weighted by atomic mass is 10.1. The fraction of sp³-hybridized carbons (Fsp3) is 0.389.